The Bertz CT molecular complexity index is 521. The monoisotopic (exact) mass is 274 g/mol. The molecule has 0 radical (unpaired) electrons. The standard InChI is InChI=1S/C9H8ClFN4OS/c10-6-3-5(1-2-7(6)11)16-4-8-14-15-9(13-12)17-8/h1-3H,4,12H2,(H,13,15). The molecule has 1 aromatic carbocycles. The van der Waals surface area contributed by atoms with Crippen LogP contribution in [0.15, 0.2) is 18.2 Å². The van der Waals surface area contributed by atoms with Crippen molar-refractivity contribution in [3.63, 3.8) is 0 Å². The molecular formula is C9H8ClFN4OS. The van der Waals surface area contributed by atoms with E-state index in [0.29, 0.717) is 15.9 Å². The number of nitrogens with one attached hydrogen (secondary N) is 1. The molecular weight excluding hydrogens is 267 g/mol. The van der Waals surface area contributed by atoms with Crippen LogP contribution in [-0.2, 0) is 6.61 Å². The second-order valence-corrected chi connectivity index (χ2v) is 4.48. The molecule has 0 bridgehead atoms. The first-order valence-electron chi connectivity index (χ1n) is 4.56. The summed E-state index contributed by atoms with van der Waals surface area (Å²) in [5, 5.41) is 8.75. The van der Waals surface area contributed by atoms with Crippen molar-refractivity contribution in [1.29, 1.82) is 0 Å². The number of nitrogen functional groups attached to an aromatic ring is 1. The molecule has 2 aromatic rings. The van der Waals surface area contributed by atoms with Gasteiger partial charge in [0.2, 0.25) is 5.13 Å². The van der Waals surface area contributed by atoms with E-state index < -0.39 is 5.82 Å². The summed E-state index contributed by atoms with van der Waals surface area (Å²) in [5.74, 6) is 5.15. The van der Waals surface area contributed by atoms with Crippen LogP contribution in [0.1, 0.15) is 5.01 Å². The topological polar surface area (TPSA) is 73.1 Å². The predicted molar refractivity (Wildman–Crippen MR) is 63.5 cm³/mol. The Balaban J connectivity index is 1.99. The number of hydrogen-bond acceptors (Lipinski definition) is 6. The number of nitrogens with zero attached hydrogens (tertiary/aromatic N) is 2. The third-order valence-electron chi connectivity index (χ3n) is 1.84. The van der Waals surface area contributed by atoms with Gasteiger partial charge in [0.15, 0.2) is 5.01 Å². The summed E-state index contributed by atoms with van der Waals surface area (Å²) in [5.41, 5.74) is 2.38. The molecule has 2 rings (SSSR count). The fraction of sp³-hybridized carbons (Fsp3) is 0.111. The normalized spacial score (nSPS) is 10.3. The van der Waals surface area contributed by atoms with Gasteiger partial charge in [-0.25, -0.2) is 10.2 Å². The SMILES string of the molecule is NNc1nnc(COc2ccc(F)c(Cl)c2)s1. The summed E-state index contributed by atoms with van der Waals surface area (Å²) in [6.45, 7) is 0.224. The highest BCUT2D eigenvalue weighted by Gasteiger charge is 2.05. The average molecular weight is 275 g/mol. The zero-order valence-electron chi connectivity index (χ0n) is 8.48. The van der Waals surface area contributed by atoms with E-state index in [1.165, 1.54) is 29.5 Å². The van der Waals surface area contributed by atoms with Crippen molar-refractivity contribution in [3.05, 3.63) is 34.0 Å². The molecule has 17 heavy (non-hydrogen) atoms. The Labute approximate surface area is 105 Å². The van der Waals surface area contributed by atoms with Gasteiger partial charge in [0.1, 0.15) is 18.2 Å². The van der Waals surface area contributed by atoms with E-state index in [0.717, 1.165) is 0 Å². The molecule has 0 aliphatic heterocycles. The Morgan fingerprint density at radius 3 is 2.94 bits per heavy atom. The first kappa shape index (κ1) is 12.0. The fourth-order valence-corrected chi connectivity index (χ4v) is 1.82. The molecule has 5 nitrogen and oxygen atoms in total. The van der Waals surface area contributed by atoms with Crippen molar-refractivity contribution < 1.29 is 9.13 Å². The van der Waals surface area contributed by atoms with Crippen molar-refractivity contribution in [2.24, 2.45) is 5.84 Å². The van der Waals surface area contributed by atoms with E-state index in [4.69, 9.17) is 22.2 Å². The van der Waals surface area contributed by atoms with Crippen LogP contribution in [0, 0.1) is 5.82 Å². The first-order chi connectivity index (χ1) is 8.19. The van der Waals surface area contributed by atoms with E-state index in [-0.39, 0.29) is 11.6 Å². The number of anilines is 1. The Morgan fingerprint density at radius 2 is 2.29 bits per heavy atom. The number of nitrogens with two attached hydrogens (primary N) is 1. The van der Waals surface area contributed by atoms with Gasteiger partial charge in [-0.2, -0.15) is 0 Å². The minimum Gasteiger partial charge on any atom is -0.486 e. The number of ether oxygens (including phenoxy) is 1. The van der Waals surface area contributed by atoms with E-state index in [9.17, 15) is 4.39 Å². The Morgan fingerprint density at radius 1 is 1.47 bits per heavy atom. The van der Waals surface area contributed by atoms with E-state index >= 15 is 0 Å². The van der Waals surface area contributed by atoms with E-state index in [1.54, 1.807) is 0 Å². The highest BCUT2D eigenvalue weighted by atomic mass is 35.5. The maximum Gasteiger partial charge on any atom is 0.219 e. The zero-order valence-corrected chi connectivity index (χ0v) is 10.1. The molecule has 0 amide bonds. The van der Waals surface area contributed by atoms with Gasteiger partial charge < -0.3 is 4.74 Å². The molecule has 90 valence electrons. The summed E-state index contributed by atoms with van der Waals surface area (Å²) in [6.07, 6.45) is 0. The van der Waals surface area contributed by atoms with Crippen LogP contribution in [0.2, 0.25) is 5.02 Å². The maximum atomic E-state index is 12.9. The smallest absolute Gasteiger partial charge is 0.219 e. The highest BCUT2D eigenvalue weighted by molar-refractivity contribution is 7.15. The summed E-state index contributed by atoms with van der Waals surface area (Å²) in [6, 6.07) is 4.13. The number of aromatic nitrogens is 2. The van der Waals surface area contributed by atoms with Crippen LogP contribution in [0.5, 0.6) is 5.75 Å². The van der Waals surface area contributed by atoms with Crippen LogP contribution in [0.25, 0.3) is 0 Å². The molecule has 0 saturated carbocycles. The molecule has 0 aliphatic carbocycles. The molecule has 8 heteroatoms. The van der Waals surface area contributed by atoms with Crippen LogP contribution in [0.4, 0.5) is 9.52 Å². The molecule has 1 heterocycles. The van der Waals surface area contributed by atoms with Gasteiger partial charge >= 0.3 is 0 Å². The van der Waals surface area contributed by atoms with Gasteiger partial charge in [-0.15, -0.1) is 10.2 Å². The van der Waals surface area contributed by atoms with Crippen molar-refractivity contribution in [1.82, 2.24) is 10.2 Å². The van der Waals surface area contributed by atoms with Crippen LogP contribution in [0.3, 0.4) is 0 Å². The molecule has 0 atom stereocenters. The number of benzene rings is 1. The lowest BCUT2D eigenvalue weighted by atomic mass is 10.3. The van der Waals surface area contributed by atoms with Crippen LogP contribution >= 0.6 is 22.9 Å². The van der Waals surface area contributed by atoms with Crippen molar-refractivity contribution in [3.8, 4) is 5.75 Å². The van der Waals surface area contributed by atoms with Crippen molar-refractivity contribution in [2.75, 3.05) is 5.43 Å². The lowest BCUT2D eigenvalue weighted by molar-refractivity contribution is 0.304. The molecule has 0 unspecified atom stereocenters. The minimum atomic E-state index is -0.482. The van der Waals surface area contributed by atoms with Gasteiger partial charge in [0.05, 0.1) is 5.02 Å². The third-order valence-corrected chi connectivity index (χ3v) is 2.96. The lowest BCUT2D eigenvalue weighted by Gasteiger charge is -2.03. The molecule has 0 saturated heterocycles. The Kier molecular flexibility index (Phi) is 3.72. The van der Waals surface area contributed by atoms with E-state index in [2.05, 4.69) is 15.6 Å². The maximum absolute atomic E-state index is 12.9. The van der Waals surface area contributed by atoms with E-state index in [1.807, 2.05) is 0 Å². The quantitative estimate of drug-likeness (QED) is 0.660. The highest BCUT2D eigenvalue weighted by Crippen LogP contribution is 2.22. The second kappa shape index (κ2) is 5.26. The number of hydrazine groups is 1. The average Bonchev–Trinajstić information content (AvgIpc) is 2.79. The molecule has 0 spiro atoms. The van der Waals surface area contributed by atoms with Gasteiger partial charge in [-0.3, -0.25) is 5.43 Å². The molecule has 0 aliphatic rings. The molecule has 1 aromatic heterocycles. The van der Waals surface area contributed by atoms with Gasteiger partial charge in [-0.1, -0.05) is 22.9 Å². The van der Waals surface area contributed by atoms with Crippen molar-refractivity contribution in [2.45, 2.75) is 6.61 Å². The number of halogens is 2. The summed E-state index contributed by atoms with van der Waals surface area (Å²) in [4.78, 5) is 0. The van der Waals surface area contributed by atoms with Gasteiger partial charge in [-0.05, 0) is 12.1 Å². The number of hydrogen-bond donors (Lipinski definition) is 2. The first-order valence-corrected chi connectivity index (χ1v) is 5.75. The molecule has 3 N–H and O–H groups in total. The third kappa shape index (κ3) is 3.02. The second-order valence-electron chi connectivity index (χ2n) is 3.01. The fourth-order valence-electron chi connectivity index (χ4n) is 1.08. The summed E-state index contributed by atoms with van der Waals surface area (Å²) < 4.78 is 18.3. The van der Waals surface area contributed by atoms with Gasteiger partial charge in [0, 0.05) is 6.07 Å². The van der Waals surface area contributed by atoms with Gasteiger partial charge in [0.25, 0.3) is 0 Å². The van der Waals surface area contributed by atoms with Crippen LogP contribution in [-0.4, -0.2) is 10.2 Å². The van der Waals surface area contributed by atoms with Crippen molar-refractivity contribution >= 4 is 28.1 Å². The summed E-state index contributed by atoms with van der Waals surface area (Å²) >= 11 is 6.88. The summed E-state index contributed by atoms with van der Waals surface area (Å²) in [7, 11) is 0. The predicted octanol–water partition coefficient (Wildman–Crippen LogP) is 2.20. The minimum absolute atomic E-state index is 0.0177. The largest absolute Gasteiger partial charge is 0.486 e. The Hall–Kier alpha value is -1.44. The van der Waals surface area contributed by atoms with Crippen LogP contribution < -0.4 is 16.0 Å². The molecule has 0 fully saturated rings. The zero-order chi connectivity index (χ0) is 12.3. The number of rotatable bonds is 4. The lowest BCUT2D eigenvalue weighted by Crippen LogP contribution is -2.05.